The molecule has 4 heteroatoms. The van der Waals surface area contributed by atoms with Crippen LogP contribution in [-0.4, -0.2) is 11.3 Å². The maximum atomic E-state index is 10.0. The monoisotopic (exact) mass is 357 g/mol. The number of fused-ring (bicyclic) bond motifs is 1. The van der Waals surface area contributed by atoms with Crippen LogP contribution in [0.2, 0.25) is 0 Å². The predicted molar refractivity (Wildman–Crippen MR) is 93.2 cm³/mol. The van der Waals surface area contributed by atoms with Crippen LogP contribution in [0.3, 0.4) is 0 Å². The van der Waals surface area contributed by atoms with Crippen LogP contribution in [-0.2, 0) is 0 Å². The van der Waals surface area contributed by atoms with Gasteiger partial charge in [0.2, 0.25) is 0 Å². The molecule has 0 saturated carbocycles. The van der Waals surface area contributed by atoms with Crippen molar-refractivity contribution in [3.63, 3.8) is 0 Å². The molecular formula is C17H12BrNOS. The molecule has 0 fully saturated rings. The predicted octanol–water partition coefficient (Wildman–Crippen LogP) is 5.43. The zero-order chi connectivity index (χ0) is 14.7. The number of phenols is 1. The number of hydrogen-bond donors (Lipinski definition) is 1. The van der Waals surface area contributed by atoms with E-state index >= 15 is 0 Å². The Morgan fingerprint density at radius 3 is 2.52 bits per heavy atom. The number of benzene rings is 3. The molecule has 0 aromatic heterocycles. The maximum absolute atomic E-state index is 10.0. The molecule has 3 rings (SSSR count). The largest absolute Gasteiger partial charge is 0.507 e. The molecular weight excluding hydrogens is 346 g/mol. The molecule has 0 aliphatic heterocycles. The van der Waals surface area contributed by atoms with Crippen molar-refractivity contribution in [2.75, 3.05) is 0 Å². The molecule has 0 bridgehead atoms. The molecule has 3 aromatic rings. The fourth-order valence-electron chi connectivity index (χ4n) is 2.06. The van der Waals surface area contributed by atoms with Crippen molar-refractivity contribution in [1.82, 2.24) is 0 Å². The summed E-state index contributed by atoms with van der Waals surface area (Å²) < 4.78 is 5.41. The number of rotatable bonds is 3. The summed E-state index contributed by atoms with van der Waals surface area (Å²) in [7, 11) is 0. The van der Waals surface area contributed by atoms with Crippen molar-refractivity contribution in [2.45, 2.75) is 4.90 Å². The van der Waals surface area contributed by atoms with Crippen LogP contribution in [0.15, 0.2) is 74.4 Å². The van der Waals surface area contributed by atoms with E-state index in [9.17, 15) is 5.11 Å². The molecule has 2 nitrogen and oxygen atoms in total. The van der Waals surface area contributed by atoms with Gasteiger partial charge in [0.05, 0.1) is 0 Å². The molecule has 0 radical (unpaired) electrons. The second kappa shape index (κ2) is 6.33. The molecule has 0 aliphatic carbocycles. The van der Waals surface area contributed by atoms with E-state index in [4.69, 9.17) is 0 Å². The lowest BCUT2D eigenvalue weighted by molar-refractivity contribution is 0.475. The summed E-state index contributed by atoms with van der Waals surface area (Å²) in [5, 5.41) is 12.1. The second-order valence-electron chi connectivity index (χ2n) is 4.50. The first-order valence-electron chi connectivity index (χ1n) is 6.41. The fourth-order valence-corrected chi connectivity index (χ4v) is 2.86. The van der Waals surface area contributed by atoms with Gasteiger partial charge >= 0.3 is 0 Å². The van der Waals surface area contributed by atoms with E-state index in [0.717, 1.165) is 25.7 Å². The molecule has 1 N–H and O–H groups in total. The van der Waals surface area contributed by atoms with E-state index in [2.05, 4.69) is 20.3 Å². The van der Waals surface area contributed by atoms with Crippen LogP contribution in [0.25, 0.3) is 10.8 Å². The normalized spacial score (nSPS) is 11.3. The molecule has 3 aromatic carbocycles. The van der Waals surface area contributed by atoms with Gasteiger partial charge in [-0.3, -0.25) is 0 Å². The van der Waals surface area contributed by atoms with Gasteiger partial charge in [0, 0.05) is 33.1 Å². The van der Waals surface area contributed by atoms with Gasteiger partial charge in [0.1, 0.15) is 5.75 Å². The molecule has 21 heavy (non-hydrogen) atoms. The Bertz CT molecular complexity index is 799. The summed E-state index contributed by atoms with van der Waals surface area (Å²) in [6.07, 6.45) is 1.71. The second-order valence-corrected chi connectivity index (χ2v) is 6.28. The van der Waals surface area contributed by atoms with Gasteiger partial charge in [-0.15, -0.1) is 0 Å². The molecule has 0 amide bonds. The first-order chi connectivity index (χ1) is 10.2. The number of aromatic hydroxyl groups is 1. The van der Waals surface area contributed by atoms with Crippen molar-refractivity contribution < 1.29 is 5.11 Å². The Hall–Kier alpha value is -1.78. The van der Waals surface area contributed by atoms with E-state index in [-0.39, 0.29) is 5.75 Å². The van der Waals surface area contributed by atoms with Crippen molar-refractivity contribution in [3.8, 4) is 5.75 Å². The summed E-state index contributed by atoms with van der Waals surface area (Å²) in [6, 6.07) is 19.5. The highest BCUT2D eigenvalue weighted by Crippen LogP contribution is 2.27. The maximum Gasteiger partial charge on any atom is 0.125 e. The highest BCUT2D eigenvalue weighted by atomic mass is 79.9. The third-order valence-electron chi connectivity index (χ3n) is 3.10. The molecule has 0 unspecified atom stereocenters. The van der Waals surface area contributed by atoms with Gasteiger partial charge in [-0.25, -0.2) is 4.40 Å². The highest BCUT2D eigenvalue weighted by Gasteiger charge is 2.04. The minimum atomic E-state index is 0.244. The average molecular weight is 358 g/mol. The zero-order valence-corrected chi connectivity index (χ0v) is 13.4. The van der Waals surface area contributed by atoms with Crippen LogP contribution in [0.4, 0.5) is 0 Å². The van der Waals surface area contributed by atoms with Gasteiger partial charge in [-0.1, -0.05) is 46.3 Å². The van der Waals surface area contributed by atoms with E-state index in [1.807, 2.05) is 54.6 Å². The SMILES string of the molecule is Oc1ccc2ccccc2c1/C=N\Sc1ccc(Br)cc1. The quantitative estimate of drug-likeness (QED) is 0.500. The van der Waals surface area contributed by atoms with Crippen molar-refractivity contribution in [1.29, 1.82) is 0 Å². The number of hydrogen-bond acceptors (Lipinski definition) is 3. The van der Waals surface area contributed by atoms with Crippen LogP contribution < -0.4 is 0 Å². The molecule has 104 valence electrons. The van der Waals surface area contributed by atoms with E-state index in [1.165, 1.54) is 11.9 Å². The first-order valence-corrected chi connectivity index (χ1v) is 7.97. The summed E-state index contributed by atoms with van der Waals surface area (Å²) in [5.41, 5.74) is 0.748. The Labute approximate surface area is 135 Å². The third-order valence-corrected chi connectivity index (χ3v) is 4.32. The lowest BCUT2D eigenvalue weighted by atomic mass is 10.0. The molecule has 0 heterocycles. The summed E-state index contributed by atoms with van der Waals surface area (Å²) in [6.45, 7) is 0. The van der Waals surface area contributed by atoms with Crippen LogP contribution in [0.1, 0.15) is 5.56 Å². The topological polar surface area (TPSA) is 32.6 Å². The fraction of sp³-hybridized carbons (Fsp3) is 0. The van der Waals surface area contributed by atoms with Crippen molar-refractivity contribution in [2.24, 2.45) is 4.40 Å². The van der Waals surface area contributed by atoms with Crippen molar-refractivity contribution in [3.05, 3.63) is 70.7 Å². The van der Waals surface area contributed by atoms with Gasteiger partial charge < -0.3 is 5.11 Å². The summed E-state index contributed by atoms with van der Waals surface area (Å²) >= 11 is 4.78. The smallest absolute Gasteiger partial charge is 0.125 e. The summed E-state index contributed by atoms with van der Waals surface area (Å²) in [4.78, 5) is 1.05. The minimum Gasteiger partial charge on any atom is -0.507 e. The average Bonchev–Trinajstić information content (AvgIpc) is 2.51. The third kappa shape index (κ3) is 3.28. The van der Waals surface area contributed by atoms with E-state index < -0.39 is 0 Å². The Morgan fingerprint density at radius 2 is 1.71 bits per heavy atom. The number of nitrogens with zero attached hydrogens (tertiary/aromatic N) is 1. The first kappa shape index (κ1) is 14.2. The Kier molecular flexibility index (Phi) is 4.27. The van der Waals surface area contributed by atoms with Gasteiger partial charge in [0.25, 0.3) is 0 Å². The Balaban J connectivity index is 1.89. The zero-order valence-electron chi connectivity index (χ0n) is 11.0. The minimum absolute atomic E-state index is 0.244. The van der Waals surface area contributed by atoms with Crippen LogP contribution in [0.5, 0.6) is 5.75 Å². The van der Waals surface area contributed by atoms with Crippen LogP contribution in [0, 0.1) is 0 Å². The van der Waals surface area contributed by atoms with Gasteiger partial charge in [-0.05, 0) is 41.1 Å². The van der Waals surface area contributed by atoms with E-state index in [1.54, 1.807) is 12.3 Å². The van der Waals surface area contributed by atoms with Gasteiger partial charge in [0.15, 0.2) is 0 Å². The van der Waals surface area contributed by atoms with Gasteiger partial charge in [-0.2, -0.15) is 0 Å². The molecule has 0 spiro atoms. The van der Waals surface area contributed by atoms with Crippen molar-refractivity contribution >= 4 is 44.9 Å². The highest BCUT2D eigenvalue weighted by molar-refractivity contribution is 9.10. The molecule has 0 atom stereocenters. The standard InChI is InChI=1S/C17H12BrNOS/c18-13-6-8-14(9-7-13)21-19-11-16-15-4-2-1-3-12(15)5-10-17(16)20/h1-11,20H/b19-11-. The molecule has 0 aliphatic rings. The number of halogens is 1. The summed E-state index contributed by atoms with van der Waals surface area (Å²) in [5.74, 6) is 0.244. The van der Waals surface area contributed by atoms with E-state index in [0.29, 0.717) is 0 Å². The van der Waals surface area contributed by atoms with Crippen LogP contribution >= 0.6 is 27.9 Å². The lowest BCUT2D eigenvalue weighted by Crippen LogP contribution is -1.85. The molecule has 0 saturated heterocycles. The number of phenolic OH excluding ortho intramolecular Hbond substituents is 1. The lowest BCUT2D eigenvalue weighted by Gasteiger charge is -2.04. The Morgan fingerprint density at radius 1 is 0.952 bits per heavy atom.